The summed E-state index contributed by atoms with van der Waals surface area (Å²) in [6, 6.07) is 6.89. The zero-order valence-corrected chi connectivity index (χ0v) is 13.5. The third kappa shape index (κ3) is 3.84. The Morgan fingerprint density at radius 3 is 2.36 bits per heavy atom. The van der Waals surface area contributed by atoms with E-state index in [4.69, 9.17) is 0 Å². The molecule has 22 heavy (non-hydrogen) atoms. The summed E-state index contributed by atoms with van der Waals surface area (Å²) in [4.78, 5) is 24.9. The Labute approximate surface area is 131 Å². The van der Waals surface area contributed by atoms with E-state index >= 15 is 0 Å². The molecule has 1 aromatic carbocycles. The second-order valence-electron chi connectivity index (χ2n) is 6.26. The van der Waals surface area contributed by atoms with Crippen molar-refractivity contribution in [3.05, 3.63) is 39.9 Å². The van der Waals surface area contributed by atoms with Crippen molar-refractivity contribution >= 4 is 11.6 Å². The van der Waals surface area contributed by atoms with Crippen LogP contribution < -0.4 is 0 Å². The molecule has 1 saturated carbocycles. The van der Waals surface area contributed by atoms with Crippen molar-refractivity contribution < 1.29 is 9.72 Å². The minimum atomic E-state index is -0.424. The van der Waals surface area contributed by atoms with Crippen LogP contribution in [0.25, 0.3) is 0 Å². The van der Waals surface area contributed by atoms with Gasteiger partial charge in [-0.1, -0.05) is 32.4 Å². The summed E-state index contributed by atoms with van der Waals surface area (Å²) in [7, 11) is 0. The van der Waals surface area contributed by atoms with Gasteiger partial charge < -0.3 is 4.90 Å². The first kappa shape index (κ1) is 16.5. The summed E-state index contributed by atoms with van der Waals surface area (Å²) in [5, 5.41) is 10.7. The number of amides is 1. The maximum atomic E-state index is 12.7. The third-order valence-electron chi connectivity index (χ3n) is 4.64. The van der Waals surface area contributed by atoms with Crippen LogP contribution in [0.2, 0.25) is 0 Å². The number of non-ortho nitro benzene ring substituents is 1. The molecule has 0 aliphatic heterocycles. The fraction of sp³-hybridized carbons (Fsp3) is 0.588. The molecule has 2 atom stereocenters. The highest BCUT2D eigenvalue weighted by Crippen LogP contribution is 2.32. The topological polar surface area (TPSA) is 63.5 Å². The van der Waals surface area contributed by atoms with E-state index in [1.165, 1.54) is 12.1 Å². The maximum Gasteiger partial charge on any atom is 0.269 e. The van der Waals surface area contributed by atoms with Gasteiger partial charge in [-0.3, -0.25) is 14.9 Å². The highest BCUT2D eigenvalue weighted by Gasteiger charge is 2.36. The van der Waals surface area contributed by atoms with Gasteiger partial charge in [-0.25, -0.2) is 0 Å². The van der Waals surface area contributed by atoms with Gasteiger partial charge in [0, 0.05) is 24.2 Å². The van der Waals surface area contributed by atoms with Crippen LogP contribution in [0.5, 0.6) is 0 Å². The lowest BCUT2D eigenvalue weighted by Gasteiger charge is -2.33. The summed E-state index contributed by atoms with van der Waals surface area (Å²) < 4.78 is 0. The first-order chi connectivity index (χ1) is 10.4. The number of hydrogen-bond acceptors (Lipinski definition) is 3. The predicted octanol–water partition coefficient (Wildman–Crippen LogP) is 3.56. The quantitative estimate of drug-likeness (QED) is 0.571. The first-order valence-corrected chi connectivity index (χ1v) is 7.98. The van der Waals surface area contributed by atoms with Crippen molar-refractivity contribution in [1.29, 1.82) is 0 Å². The van der Waals surface area contributed by atoms with E-state index in [0.717, 1.165) is 24.8 Å². The number of nitrogens with zero attached hydrogens (tertiary/aromatic N) is 2. The lowest BCUT2D eigenvalue weighted by atomic mass is 9.98. The number of carbonyl (C=O) groups excluding carboxylic acids is 1. The lowest BCUT2D eigenvalue weighted by Crippen LogP contribution is -2.44. The Morgan fingerprint density at radius 2 is 1.91 bits per heavy atom. The van der Waals surface area contributed by atoms with Gasteiger partial charge in [0.1, 0.15) is 0 Å². The van der Waals surface area contributed by atoms with Gasteiger partial charge in [0.05, 0.1) is 11.3 Å². The van der Waals surface area contributed by atoms with Gasteiger partial charge in [-0.15, -0.1) is 0 Å². The fourth-order valence-electron chi connectivity index (χ4n) is 2.73. The Bertz CT molecular complexity index is 537. The average molecular weight is 304 g/mol. The van der Waals surface area contributed by atoms with Gasteiger partial charge in [0.25, 0.3) is 5.69 Å². The zero-order chi connectivity index (χ0) is 16.3. The molecule has 0 spiro atoms. The Morgan fingerprint density at radius 1 is 1.32 bits per heavy atom. The number of carbonyl (C=O) groups is 1. The summed E-state index contributed by atoms with van der Waals surface area (Å²) in [5.74, 6) is 0.602. The molecule has 0 bridgehead atoms. The van der Waals surface area contributed by atoms with Crippen LogP contribution >= 0.6 is 0 Å². The molecular weight excluding hydrogens is 280 g/mol. The Hall–Kier alpha value is -1.91. The predicted molar refractivity (Wildman–Crippen MR) is 85.6 cm³/mol. The number of rotatable bonds is 7. The minimum absolute atomic E-state index is 0.0585. The van der Waals surface area contributed by atoms with Crippen molar-refractivity contribution in [2.45, 2.75) is 58.5 Å². The monoisotopic (exact) mass is 304 g/mol. The van der Waals surface area contributed by atoms with Gasteiger partial charge in [0.15, 0.2) is 0 Å². The molecule has 120 valence electrons. The molecule has 2 rings (SSSR count). The largest absolute Gasteiger partial charge is 0.336 e. The molecule has 0 saturated heterocycles. The molecule has 0 aromatic heterocycles. The smallest absolute Gasteiger partial charge is 0.269 e. The molecular formula is C17H24N2O3. The van der Waals surface area contributed by atoms with E-state index in [9.17, 15) is 14.9 Å². The fourth-order valence-corrected chi connectivity index (χ4v) is 2.73. The van der Waals surface area contributed by atoms with Gasteiger partial charge in [0.2, 0.25) is 5.91 Å². The van der Waals surface area contributed by atoms with E-state index in [-0.39, 0.29) is 17.6 Å². The zero-order valence-electron chi connectivity index (χ0n) is 13.5. The number of hydrogen-bond donors (Lipinski definition) is 0. The van der Waals surface area contributed by atoms with Crippen molar-refractivity contribution in [2.75, 3.05) is 0 Å². The highest BCUT2D eigenvalue weighted by molar-refractivity contribution is 5.79. The van der Waals surface area contributed by atoms with E-state index < -0.39 is 4.92 Å². The van der Waals surface area contributed by atoms with Crippen molar-refractivity contribution in [2.24, 2.45) is 5.92 Å². The van der Waals surface area contributed by atoms with Crippen LogP contribution in [-0.4, -0.2) is 27.8 Å². The molecule has 1 aliphatic rings. The van der Waals surface area contributed by atoms with Crippen LogP contribution in [0.3, 0.4) is 0 Å². The van der Waals surface area contributed by atoms with Crippen LogP contribution in [-0.2, 0) is 11.2 Å². The standard InChI is InChI=1S/C17H24N2O3/c1-4-12(2)13(3)18(15-9-10-15)17(20)11-14-5-7-16(8-6-14)19(21)22/h5-8,12-13,15H,4,9-11H2,1-3H3. The highest BCUT2D eigenvalue weighted by atomic mass is 16.6. The molecule has 1 fully saturated rings. The molecule has 1 amide bonds. The van der Waals surface area contributed by atoms with Crippen LogP contribution in [0.15, 0.2) is 24.3 Å². The summed E-state index contributed by atoms with van der Waals surface area (Å²) in [6.07, 6.45) is 3.55. The Balaban J connectivity index is 2.06. The molecule has 0 heterocycles. The van der Waals surface area contributed by atoms with Crippen LogP contribution in [0.4, 0.5) is 5.69 Å². The SMILES string of the molecule is CCC(C)C(C)N(C(=O)Cc1ccc([N+](=O)[O-])cc1)C1CC1. The number of nitro benzene ring substituents is 1. The van der Waals surface area contributed by atoms with Crippen LogP contribution in [0.1, 0.15) is 45.6 Å². The maximum absolute atomic E-state index is 12.7. The van der Waals surface area contributed by atoms with Gasteiger partial charge in [-0.05, 0) is 31.2 Å². The van der Waals surface area contributed by atoms with Crippen molar-refractivity contribution in [3.63, 3.8) is 0 Å². The second kappa shape index (κ2) is 6.90. The van der Waals surface area contributed by atoms with E-state index in [0.29, 0.717) is 18.4 Å². The van der Waals surface area contributed by atoms with Crippen LogP contribution in [0, 0.1) is 16.0 Å². The summed E-state index contributed by atoms with van der Waals surface area (Å²) in [6.45, 7) is 6.45. The van der Waals surface area contributed by atoms with Crippen molar-refractivity contribution in [3.8, 4) is 0 Å². The third-order valence-corrected chi connectivity index (χ3v) is 4.64. The van der Waals surface area contributed by atoms with Gasteiger partial charge >= 0.3 is 0 Å². The molecule has 0 radical (unpaired) electrons. The minimum Gasteiger partial charge on any atom is -0.336 e. The molecule has 5 heteroatoms. The molecule has 5 nitrogen and oxygen atoms in total. The molecule has 1 aliphatic carbocycles. The number of benzene rings is 1. The molecule has 2 unspecified atom stereocenters. The summed E-state index contributed by atoms with van der Waals surface area (Å²) in [5.41, 5.74) is 0.890. The van der Waals surface area contributed by atoms with E-state index in [2.05, 4.69) is 20.8 Å². The molecule has 0 N–H and O–H groups in total. The Kier molecular flexibility index (Phi) is 5.16. The normalized spacial score (nSPS) is 16.9. The van der Waals surface area contributed by atoms with E-state index in [1.807, 2.05) is 4.90 Å². The van der Waals surface area contributed by atoms with Gasteiger partial charge in [-0.2, -0.15) is 0 Å². The lowest BCUT2D eigenvalue weighted by molar-refractivity contribution is -0.384. The van der Waals surface area contributed by atoms with Crippen molar-refractivity contribution in [1.82, 2.24) is 4.90 Å². The second-order valence-corrected chi connectivity index (χ2v) is 6.26. The number of nitro groups is 1. The van der Waals surface area contributed by atoms with E-state index in [1.54, 1.807) is 12.1 Å². The summed E-state index contributed by atoms with van der Waals surface area (Å²) >= 11 is 0. The molecule has 1 aromatic rings. The average Bonchev–Trinajstić information content (AvgIpc) is 3.31. The first-order valence-electron chi connectivity index (χ1n) is 7.98.